The van der Waals surface area contributed by atoms with Gasteiger partial charge in [-0.15, -0.1) is 0 Å². The summed E-state index contributed by atoms with van der Waals surface area (Å²) in [5.74, 6) is 0.958. The number of para-hydroxylation sites is 1. The van der Waals surface area contributed by atoms with Crippen molar-refractivity contribution in [2.45, 2.75) is 51.2 Å². The molecule has 8 heteroatoms. The van der Waals surface area contributed by atoms with Crippen LogP contribution >= 0.6 is 0 Å². The Morgan fingerprint density at radius 2 is 1.75 bits per heavy atom. The lowest BCUT2D eigenvalue weighted by Crippen LogP contribution is -2.47. The van der Waals surface area contributed by atoms with E-state index in [0.717, 1.165) is 24.9 Å². The van der Waals surface area contributed by atoms with Crippen LogP contribution in [0.1, 0.15) is 38.3 Å². The zero-order valence-corrected chi connectivity index (χ0v) is 24.4. The fourth-order valence-corrected chi connectivity index (χ4v) is 7.38. The minimum atomic E-state index is -1.39. The van der Waals surface area contributed by atoms with E-state index in [1.165, 1.54) is 15.9 Å². The number of hydrogen-bond donors (Lipinski definition) is 2. The summed E-state index contributed by atoms with van der Waals surface area (Å²) < 4.78 is 23.7. The van der Waals surface area contributed by atoms with Crippen LogP contribution in [0.15, 0.2) is 72.8 Å². The molecule has 0 saturated carbocycles. The van der Waals surface area contributed by atoms with Gasteiger partial charge in [-0.1, -0.05) is 87.5 Å². The normalized spacial score (nSPS) is 20.6. The van der Waals surface area contributed by atoms with Gasteiger partial charge < -0.3 is 29.1 Å². The van der Waals surface area contributed by atoms with Gasteiger partial charge in [-0.05, 0) is 45.8 Å². The van der Waals surface area contributed by atoms with Gasteiger partial charge in [-0.25, -0.2) is 4.79 Å². The van der Waals surface area contributed by atoms with E-state index < -0.39 is 15.2 Å². The third-order valence-corrected chi connectivity index (χ3v) is 9.70. The molecule has 3 atom stereocenters. The molecule has 2 aliphatic rings. The number of nitrogens with one attached hydrogen (secondary N) is 1. The number of fused-ring (bicyclic) bond motifs is 1. The minimum Gasteiger partial charge on any atom is -0.489 e. The molecule has 2 aliphatic heterocycles. The summed E-state index contributed by atoms with van der Waals surface area (Å²) in [4.78, 5) is 10.9. The van der Waals surface area contributed by atoms with E-state index in [-0.39, 0.29) is 29.2 Å². The summed E-state index contributed by atoms with van der Waals surface area (Å²) in [7, 11) is -1.39. The zero-order chi connectivity index (χ0) is 28.1. The number of ether oxygens (including phenoxy) is 3. The van der Waals surface area contributed by atoms with Crippen LogP contribution in [0.4, 0.5) is 4.79 Å². The predicted octanol–water partition coefficient (Wildman–Crippen LogP) is 4.16. The van der Waals surface area contributed by atoms with Crippen molar-refractivity contribution in [1.82, 2.24) is 5.32 Å². The van der Waals surface area contributed by atoms with Gasteiger partial charge in [0.2, 0.25) is 0 Å². The molecule has 0 aliphatic carbocycles. The minimum absolute atomic E-state index is 0.118. The highest BCUT2D eigenvalue weighted by molar-refractivity contribution is 6.80. The van der Waals surface area contributed by atoms with E-state index >= 15 is 0 Å². The van der Waals surface area contributed by atoms with E-state index in [0.29, 0.717) is 25.6 Å². The summed E-state index contributed by atoms with van der Waals surface area (Å²) in [6, 6.07) is 25.1. The number of carbonyl (C=O) groups is 1. The highest BCUT2D eigenvalue weighted by Gasteiger charge is 2.31. The summed E-state index contributed by atoms with van der Waals surface area (Å²) in [6.45, 7) is 9.17. The molecule has 40 heavy (non-hydrogen) atoms. The molecule has 1 fully saturated rings. The van der Waals surface area contributed by atoms with Crippen LogP contribution in [-0.4, -0.2) is 58.8 Å². The Labute approximate surface area is 238 Å². The quantitative estimate of drug-likeness (QED) is 0.231. The van der Waals surface area contributed by atoms with Gasteiger partial charge in [0, 0.05) is 18.5 Å². The van der Waals surface area contributed by atoms with Crippen molar-refractivity contribution in [3.05, 3.63) is 83.9 Å². The van der Waals surface area contributed by atoms with E-state index in [1.54, 1.807) is 12.1 Å². The molecule has 0 bridgehead atoms. The molecule has 0 amide bonds. The zero-order valence-electron chi connectivity index (χ0n) is 23.4. The molecule has 5 rings (SSSR count). The first-order valence-corrected chi connectivity index (χ1v) is 15.3. The van der Waals surface area contributed by atoms with E-state index in [9.17, 15) is 4.79 Å². The smallest absolute Gasteiger partial charge is 0.489 e. The summed E-state index contributed by atoms with van der Waals surface area (Å²) in [5, 5.41) is 15.1. The molecule has 1 saturated heterocycles. The Morgan fingerprint density at radius 3 is 2.48 bits per heavy atom. The van der Waals surface area contributed by atoms with E-state index in [1.807, 2.05) is 6.07 Å². The fourth-order valence-electron chi connectivity index (χ4n) is 5.29. The molecule has 3 aromatic rings. The maximum atomic E-state index is 10.9. The Morgan fingerprint density at radius 1 is 1.00 bits per heavy atom. The monoisotopic (exact) mass is 560 g/mol. The van der Waals surface area contributed by atoms with Gasteiger partial charge in [0.25, 0.3) is 9.04 Å². The van der Waals surface area contributed by atoms with Crippen LogP contribution in [0, 0.1) is 5.92 Å². The van der Waals surface area contributed by atoms with Crippen molar-refractivity contribution in [3.63, 3.8) is 0 Å². The summed E-state index contributed by atoms with van der Waals surface area (Å²) in [5.41, 5.74) is 2.38. The van der Waals surface area contributed by atoms with Crippen LogP contribution in [0.25, 0.3) is 0 Å². The second-order valence-corrected chi connectivity index (χ2v) is 13.7. The first-order chi connectivity index (χ1) is 19.3. The van der Waals surface area contributed by atoms with Crippen LogP contribution in [0.3, 0.4) is 0 Å². The fraction of sp³-hybridized carbons (Fsp3) is 0.406. The van der Waals surface area contributed by atoms with Crippen molar-refractivity contribution in [1.29, 1.82) is 0 Å². The highest BCUT2D eigenvalue weighted by atomic mass is 28.3. The van der Waals surface area contributed by atoms with Crippen molar-refractivity contribution >= 4 is 25.6 Å². The second-order valence-electron chi connectivity index (χ2n) is 11.6. The largest absolute Gasteiger partial charge is 0.511 e. The maximum Gasteiger partial charge on any atom is 0.511 e. The Kier molecular flexibility index (Phi) is 8.90. The van der Waals surface area contributed by atoms with Gasteiger partial charge in [0.15, 0.2) is 11.5 Å². The number of rotatable bonds is 9. The molecule has 3 aromatic carbocycles. The molecule has 1 radical (unpaired) electrons. The molecule has 0 spiro atoms. The van der Waals surface area contributed by atoms with Crippen molar-refractivity contribution in [3.8, 4) is 11.5 Å². The topological polar surface area (TPSA) is 86.3 Å². The lowest BCUT2D eigenvalue weighted by molar-refractivity contribution is 0.0584. The van der Waals surface area contributed by atoms with Gasteiger partial charge in [-0.3, -0.25) is 0 Å². The van der Waals surface area contributed by atoms with E-state index in [2.05, 4.69) is 80.7 Å². The summed E-state index contributed by atoms with van der Waals surface area (Å²) in [6.07, 6.45) is 0.445. The first kappa shape index (κ1) is 28.4. The standard InChI is InChI=1S/C32H38NO6Si/c1-32(2,3)24-12-14-28(15-13-24)40(27-9-5-4-6-10-27)39-26-17-25(33-18-26)21-36-19-22-16-23-8-7-11-29(38-31(34)35)30(23)37-20-22/h4-15,22,25-26,33H,16-21H2,1-3H3,(H,34,35)/t22?,25-,26+/m1/s1. The molecule has 7 nitrogen and oxygen atoms in total. The number of carboxylic acid groups (broad SMARTS) is 1. The lowest BCUT2D eigenvalue weighted by Gasteiger charge is -2.26. The Balaban J connectivity index is 1.14. The Hall–Kier alpha value is -3.17. The second kappa shape index (κ2) is 12.6. The Bertz CT molecular complexity index is 1280. The third-order valence-electron chi connectivity index (χ3n) is 7.42. The summed E-state index contributed by atoms with van der Waals surface area (Å²) >= 11 is 0. The number of hydrogen-bond acceptors (Lipinski definition) is 6. The third kappa shape index (κ3) is 7.12. The average molecular weight is 561 g/mol. The highest BCUT2D eigenvalue weighted by Crippen LogP contribution is 2.36. The first-order valence-electron chi connectivity index (χ1n) is 13.9. The van der Waals surface area contributed by atoms with Crippen LogP contribution in [0.2, 0.25) is 0 Å². The van der Waals surface area contributed by atoms with Crippen molar-refractivity contribution < 1.29 is 28.5 Å². The SMILES string of the molecule is CC(C)(C)c1ccc([Si](O[C@@H]2CN[C@@H](COCC3COc4c(cccc4OC(=O)O)C3)C2)c2ccccc2)cc1. The molecule has 1 unspecified atom stereocenters. The van der Waals surface area contributed by atoms with Gasteiger partial charge >= 0.3 is 6.16 Å². The van der Waals surface area contributed by atoms with Gasteiger partial charge in [-0.2, -0.15) is 0 Å². The van der Waals surface area contributed by atoms with Crippen molar-refractivity contribution in [2.75, 3.05) is 26.4 Å². The molecular formula is C32H38NO6Si. The molecule has 2 N–H and O–H groups in total. The van der Waals surface area contributed by atoms with Gasteiger partial charge in [0.1, 0.15) is 0 Å². The lowest BCUT2D eigenvalue weighted by atomic mass is 9.87. The molecule has 2 heterocycles. The van der Waals surface area contributed by atoms with Gasteiger partial charge in [0.05, 0.1) is 25.9 Å². The van der Waals surface area contributed by atoms with Crippen LogP contribution in [0.5, 0.6) is 11.5 Å². The van der Waals surface area contributed by atoms with Crippen LogP contribution < -0.4 is 25.2 Å². The van der Waals surface area contributed by atoms with E-state index in [4.69, 9.17) is 23.7 Å². The van der Waals surface area contributed by atoms with Crippen LogP contribution in [-0.2, 0) is 21.0 Å². The average Bonchev–Trinajstić information content (AvgIpc) is 3.39. The molecule has 0 aromatic heterocycles. The number of benzene rings is 3. The molecule has 211 valence electrons. The van der Waals surface area contributed by atoms with Crippen molar-refractivity contribution in [2.24, 2.45) is 5.92 Å². The molecular weight excluding hydrogens is 522 g/mol. The predicted molar refractivity (Wildman–Crippen MR) is 156 cm³/mol. The maximum absolute atomic E-state index is 10.9.